The third-order valence-corrected chi connectivity index (χ3v) is 3.42. The van der Waals surface area contributed by atoms with Gasteiger partial charge in [0.2, 0.25) is 0 Å². The fraction of sp³-hybridized carbons (Fsp3) is 0.400. The van der Waals surface area contributed by atoms with Gasteiger partial charge in [0.05, 0.1) is 19.0 Å². The molecule has 1 heterocycles. The normalized spacial score (nSPS) is 12.7. The number of aliphatic hydroxyl groups is 1. The average Bonchev–Trinajstić information content (AvgIpc) is 2.90. The lowest BCUT2D eigenvalue weighted by Crippen LogP contribution is -2.39. The molecular weight excluding hydrogens is 274 g/mol. The number of nitrogens with zero attached hydrogens (tertiary/aromatic N) is 3. The smallest absolute Gasteiger partial charge is 0.0946 e. The monoisotopic (exact) mass is 293 g/mol. The molecule has 20 heavy (non-hydrogen) atoms. The number of hydrogen-bond donors (Lipinski definition) is 1. The minimum Gasteiger partial charge on any atom is -0.389 e. The number of halogens is 1. The van der Waals surface area contributed by atoms with Crippen molar-refractivity contribution in [2.24, 2.45) is 0 Å². The van der Waals surface area contributed by atoms with Gasteiger partial charge in [-0.05, 0) is 38.1 Å². The van der Waals surface area contributed by atoms with Gasteiger partial charge in [0.1, 0.15) is 0 Å². The molecule has 108 valence electrons. The topological polar surface area (TPSA) is 41.3 Å². The summed E-state index contributed by atoms with van der Waals surface area (Å²) in [6.07, 6.45) is 4.82. The molecule has 2 aromatic rings. The Morgan fingerprint density at radius 3 is 2.55 bits per heavy atom. The number of imidazole rings is 1. The van der Waals surface area contributed by atoms with Crippen LogP contribution in [0.3, 0.4) is 0 Å². The Morgan fingerprint density at radius 2 is 2.00 bits per heavy atom. The summed E-state index contributed by atoms with van der Waals surface area (Å²) in [6.45, 7) is 5.32. The second kappa shape index (κ2) is 6.77. The van der Waals surface area contributed by atoms with E-state index in [1.54, 1.807) is 12.5 Å². The van der Waals surface area contributed by atoms with E-state index < -0.39 is 6.10 Å². The van der Waals surface area contributed by atoms with E-state index >= 15 is 0 Å². The summed E-state index contributed by atoms with van der Waals surface area (Å²) in [6, 6.07) is 8.00. The van der Waals surface area contributed by atoms with Crippen LogP contribution in [0, 0.1) is 0 Å². The van der Waals surface area contributed by atoms with E-state index in [1.165, 1.54) is 0 Å². The summed E-state index contributed by atoms with van der Waals surface area (Å²) >= 11 is 5.92. The van der Waals surface area contributed by atoms with Gasteiger partial charge in [0.15, 0.2) is 0 Å². The molecule has 1 atom stereocenters. The zero-order valence-electron chi connectivity index (χ0n) is 11.8. The standard InChI is InChI=1S/C15H20ClN3O/c1-12(2)19(14-5-3-13(16)4-6-14)10-15(20)9-18-8-7-17-11-18/h3-8,11-12,15,20H,9-10H2,1-2H3. The second-order valence-electron chi connectivity index (χ2n) is 5.14. The van der Waals surface area contributed by atoms with Crippen molar-refractivity contribution in [1.29, 1.82) is 0 Å². The fourth-order valence-electron chi connectivity index (χ4n) is 2.17. The van der Waals surface area contributed by atoms with Crippen LogP contribution in [0.15, 0.2) is 43.0 Å². The lowest BCUT2D eigenvalue weighted by atomic mass is 10.2. The molecular formula is C15H20ClN3O. The predicted octanol–water partition coefficient (Wildman–Crippen LogP) is 2.81. The van der Waals surface area contributed by atoms with Gasteiger partial charge in [-0.2, -0.15) is 0 Å². The largest absolute Gasteiger partial charge is 0.389 e. The van der Waals surface area contributed by atoms with Crippen molar-refractivity contribution in [3.8, 4) is 0 Å². The van der Waals surface area contributed by atoms with Gasteiger partial charge in [-0.25, -0.2) is 4.98 Å². The molecule has 0 aliphatic heterocycles. The van der Waals surface area contributed by atoms with Crippen molar-refractivity contribution in [2.75, 3.05) is 11.4 Å². The Hall–Kier alpha value is -1.52. The maximum Gasteiger partial charge on any atom is 0.0946 e. The minimum absolute atomic E-state index is 0.300. The molecule has 0 aliphatic rings. The summed E-state index contributed by atoms with van der Waals surface area (Å²) in [5, 5.41) is 11.0. The number of hydrogen-bond acceptors (Lipinski definition) is 3. The van der Waals surface area contributed by atoms with Gasteiger partial charge in [-0.3, -0.25) is 0 Å². The van der Waals surface area contributed by atoms with E-state index in [0.29, 0.717) is 19.1 Å². The van der Waals surface area contributed by atoms with Crippen LogP contribution in [-0.2, 0) is 6.54 Å². The van der Waals surface area contributed by atoms with E-state index in [4.69, 9.17) is 11.6 Å². The average molecular weight is 294 g/mol. The lowest BCUT2D eigenvalue weighted by molar-refractivity contribution is 0.157. The van der Waals surface area contributed by atoms with Crippen LogP contribution in [0.2, 0.25) is 5.02 Å². The summed E-state index contributed by atoms with van der Waals surface area (Å²) in [4.78, 5) is 6.15. The molecule has 1 unspecified atom stereocenters. The molecule has 1 aromatic heterocycles. The molecule has 0 radical (unpaired) electrons. The number of benzene rings is 1. The molecule has 0 fully saturated rings. The molecule has 4 nitrogen and oxygen atoms in total. The van der Waals surface area contributed by atoms with E-state index in [0.717, 1.165) is 10.7 Å². The second-order valence-corrected chi connectivity index (χ2v) is 5.57. The lowest BCUT2D eigenvalue weighted by Gasteiger charge is -2.31. The van der Waals surface area contributed by atoms with Crippen LogP contribution in [0.4, 0.5) is 5.69 Å². The van der Waals surface area contributed by atoms with Gasteiger partial charge in [-0.15, -0.1) is 0 Å². The molecule has 0 saturated heterocycles. The van der Waals surface area contributed by atoms with Crippen molar-refractivity contribution in [3.63, 3.8) is 0 Å². The molecule has 5 heteroatoms. The SMILES string of the molecule is CC(C)N(CC(O)Cn1ccnc1)c1ccc(Cl)cc1. The zero-order chi connectivity index (χ0) is 14.5. The van der Waals surface area contributed by atoms with E-state index in [2.05, 4.69) is 23.7 Å². The van der Waals surface area contributed by atoms with Crippen LogP contribution in [0.1, 0.15) is 13.8 Å². The van der Waals surface area contributed by atoms with Crippen LogP contribution in [0.5, 0.6) is 0 Å². The molecule has 0 bridgehead atoms. The molecule has 1 N–H and O–H groups in total. The fourth-order valence-corrected chi connectivity index (χ4v) is 2.30. The number of aliphatic hydroxyl groups excluding tert-OH is 1. The van der Waals surface area contributed by atoms with Crippen molar-refractivity contribution < 1.29 is 5.11 Å². The minimum atomic E-state index is -0.456. The first-order valence-electron chi connectivity index (χ1n) is 6.72. The molecule has 0 amide bonds. The Labute approximate surface area is 124 Å². The Kier molecular flexibility index (Phi) is 5.04. The number of anilines is 1. The third-order valence-electron chi connectivity index (χ3n) is 3.17. The van der Waals surface area contributed by atoms with Crippen molar-refractivity contribution in [2.45, 2.75) is 32.5 Å². The van der Waals surface area contributed by atoms with E-state index in [9.17, 15) is 5.11 Å². The van der Waals surface area contributed by atoms with Crippen molar-refractivity contribution in [1.82, 2.24) is 9.55 Å². The van der Waals surface area contributed by atoms with E-state index in [-0.39, 0.29) is 0 Å². The molecule has 0 aliphatic carbocycles. The van der Waals surface area contributed by atoms with Gasteiger partial charge >= 0.3 is 0 Å². The first-order chi connectivity index (χ1) is 9.56. The number of rotatable bonds is 6. The molecule has 1 aromatic carbocycles. The Balaban J connectivity index is 2.03. The third kappa shape index (κ3) is 3.99. The molecule has 0 spiro atoms. The highest BCUT2D eigenvalue weighted by Gasteiger charge is 2.15. The highest BCUT2D eigenvalue weighted by Crippen LogP contribution is 2.20. The summed E-state index contributed by atoms with van der Waals surface area (Å²) < 4.78 is 1.88. The molecule has 0 saturated carbocycles. The van der Waals surface area contributed by atoms with Crippen LogP contribution >= 0.6 is 11.6 Å². The van der Waals surface area contributed by atoms with Crippen molar-refractivity contribution >= 4 is 17.3 Å². The Morgan fingerprint density at radius 1 is 1.30 bits per heavy atom. The van der Waals surface area contributed by atoms with Gasteiger partial charge in [0, 0.05) is 35.7 Å². The highest BCUT2D eigenvalue weighted by atomic mass is 35.5. The van der Waals surface area contributed by atoms with Crippen LogP contribution in [-0.4, -0.2) is 33.3 Å². The zero-order valence-corrected chi connectivity index (χ0v) is 12.5. The van der Waals surface area contributed by atoms with Gasteiger partial charge < -0.3 is 14.6 Å². The van der Waals surface area contributed by atoms with Gasteiger partial charge in [-0.1, -0.05) is 11.6 Å². The first-order valence-corrected chi connectivity index (χ1v) is 7.10. The van der Waals surface area contributed by atoms with Gasteiger partial charge in [0.25, 0.3) is 0 Å². The number of aromatic nitrogens is 2. The summed E-state index contributed by atoms with van der Waals surface area (Å²) in [5.41, 5.74) is 1.06. The first kappa shape index (κ1) is 14.9. The van der Waals surface area contributed by atoms with Crippen LogP contribution in [0.25, 0.3) is 0 Å². The maximum atomic E-state index is 10.2. The summed E-state index contributed by atoms with van der Waals surface area (Å²) in [7, 11) is 0. The predicted molar refractivity (Wildman–Crippen MR) is 82.2 cm³/mol. The quantitative estimate of drug-likeness (QED) is 0.890. The van der Waals surface area contributed by atoms with Crippen molar-refractivity contribution in [3.05, 3.63) is 48.0 Å². The van der Waals surface area contributed by atoms with E-state index in [1.807, 2.05) is 35.0 Å². The molecule has 2 rings (SSSR count). The highest BCUT2D eigenvalue weighted by molar-refractivity contribution is 6.30. The maximum absolute atomic E-state index is 10.2. The Bertz CT molecular complexity index is 510. The summed E-state index contributed by atoms with van der Waals surface area (Å²) in [5.74, 6) is 0. The van der Waals surface area contributed by atoms with Crippen LogP contribution < -0.4 is 4.90 Å².